The monoisotopic (exact) mass is 423 g/mol. The highest BCUT2D eigenvalue weighted by Gasteiger charge is 2.28. The van der Waals surface area contributed by atoms with Crippen LogP contribution in [0.4, 0.5) is 0 Å². The van der Waals surface area contributed by atoms with E-state index in [1.807, 2.05) is 32.9 Å². The molecular weight excluding hydrogens is 386 g/mol. The fraction of sp³-hybridized carbons (Fsp3) is 0.682. The standard InChI is InChI=1S/C22H37N3O3S/c1-6-25(7-2)29(27,28)20-13-11-19(12-14-20)18(5)23-15-22(26)24-21-10-8-9-16(3)17(21)4/h11-14,16-18,21,23H,6-10,15H2,1-5H3,(H,24,26)/t16-,17-,18-,21-/m0/s1. The van der Waals surface area contributed by atoms with Gasteiger partial charge in [0.05, 0.1) is 11.4 Å². The molecule has 4 atom stereocenters. The van der Waals surface area contributed by atoms with E-state index in [1.54, 1.807) is 12.1 Å². The highest BCUT2D eigenvalue weighted by molar-refractivity contribution is 7.89. The van der Waals surface area contributed by atoms with E-state index in [9.17, 15) is 13.2 Å². The minimum Gasteiger partial charge on any atom is -0.352 e. The molecule has 29 heavy (non-hydrogen) atoms. The zero-order valence-corrected chi connectivity index (χ0v) is 19.3. The van der Waals surface area contributed by atoms with Crippen molar-refractivity contribution in [1.29, 1.82) is 0 Å². The molecule has 164 valence electrons. The van der Waals surface area contributed by atoms with E-state index in [-0.39, 0.29) is 24.5 Å². The van der Waals surface area contributed by atoms with Crippen molar-refractivity contribution in [2.24, 2.45) is 11.8 Å². The van der Waals surface area contributed by atoms with E-state index >= 15 is 0 Å². The van der Waals surface area contributed by atoms with Crippen molar-refractivity contribution in [2.45, 2.75) is 70.9 Å². The predicted molar refractivity (Wildman–Crippen MR) is 117 cm³/mol. The van der Waals surface area contributed by atoms with E-state index in [4.69, 9.17) is 0 Å². The molecule has 0 aliphatic heterocycles. The number of nitrogens with zero attached hydrogens (tertiary/aromatic N) is 1. The average Bonchev–Trinajstić information content (AvgIpc) is 2.70. The van der Waals surface area contributed by atoms with E-state index in [0.29, 0.717) is 29.8 Å². The third-order valence-electron chi connectivity index (χ3n) is 6.35. The van der Waals surface area contributed by atoms with Gasteiger partial charge >= 0.3 is 0 Å². The molecule has 2 rings (SSSR count). The molecule has 0 heterocycles. The molecule has 2 N–H and O–H groups in total. The lowest BCUT2D eigenvalue weighted by Gasteiger charge is -2.34. The summed E-state index contributed by atoms with van der Waals surface area (Å²) >= 11 is 0. The van der Waals surface area contributed by atoms with Crippen molar-refractivity contribution in [3.63, 3.8) is 0 Å². The summed E-state index contributed by atoms with van der Waals surface area (Å²) in [5.41, 5.74) is 0.955. The third-order valence-corrected chi connectivity index (χ3v) is 8.41. The molecule has 1 amide bonds. The number of nitrogens with one attached hydrogen (secondary N) is 2. The number of hydrogen-bond acceptors (Lipinski definition) is 4. The number of sulfonamides is 1. The van der Waals surface area contributed by atoms with Crippen LogP contribution in [-0.2, 0) is 14.8 Å². The van der Waals surface area contributed by atoms with Crippen molar-refractivity contribution >= 4 is 15.9 Å². The van der Waals surface area contributed by atoms with Gasteiger partial charge in [0.25, 0.3) is 0 Å². The maximum Gasteiger partial charge on any atom is 0.243 e. The van der Waals surface area contributed by atoms with Gasteiger partial charge < -0.3 is 10.6 Å². The molecule has 6 nitrogen and oxygen atoms in total. The van der Waals surface area contributed by atoms with Crippen LogP contribution >= 0.6 is 0 Å². The van der Waals surface area contributed by atoms with E-state index in [1.165, 1.54) is 17.1 Å². The first-order valence-electron chi connectivity index (χ1n) is 10.8. The molecular formula is C22H37N3O3S. The van der Waals surface area contributed by atoms with E-state index < -0.39 is 10.0 Å². The molecule has 7 heteroatoms. The fourth-order valence-corrected chi connectivity index (χ4v) is 5.51. The number of carbonyl (C=O) groups is 1. The zero-order valence-electron chi connectivity index (χ0n) is 18.4. The van der Waals surface area contributed by atoms with Crippen LogP contribution in [-0.4, -0.2) is 44.3 Å². The Morgan fingerprint density at radius 1 is 1.14 bits per heavy atom. The lowest BCUT2D eigenvalue weighted by atomic mass is 9.78. The first-order valence-corrected chi connectivity index (χ1v) is 12.3. The summed E-state index contributed by atoms with van der Waals surface area (Å²) in [4.78, 5) is 12.7. The second-order valence-electron chi connectivity index (χ2n) is 8.20. The van der Waals surface area contributed by atoms with Crippen LogP contribution in [0.3, 0.4) is 0 Å². The van der Waals surface area contributed by atoms with Crippen molar-refractivity contribution in [3.05, 3.63) is 29.8 Å². The Kier molecular flexibility index (Phi) is 8.67. The molecule has 1 aliphatic rings. The fourth-order valence-electron chi connectivity index (χ4n) is 4.05. The van der Waals surface area contributed by atoms with Crippen LogP contribution in [0.25, 0.3) is 0 Å². The molecule has 0 saturated heterocycles. The molecule has 0 spiro atoms. The lowest BCUT2D eigenvalue weighted by molar-refractivity contribution is -0.121. The van der Waals surface area contributed by atoms with Gasteiger partial charge in [0.1, 0.15) is 0 Å². The van der Waals surface area contributed by atoms with Gasteiger partial charge in [0, 0.05) is 25.2 Å². The Bertz CT molecular complexity index is 760. The smallest absolute Gasteiger partial charge is 0.243 e. The normalized spacial score (nSPS) is 23.7. The van der Waals surface area contributed by atoms with Gasteiger partial charge in [-0.1, -0.05) is 52.7 Å². The molecule has 1 aliphatic carbocycles. The number of carbonyl (C=O) groups excluding carboxylic acids is 1. The topological polar surface area (TPSA) is 78.5 Å². The van der Waals surface area contributed by atoms with Gasteiger partial charge in [-0.15, -0.1) is 0 Å². The Morgan fingerprint density at radius 2 is 1.76 bits per heavy atom. The highest BCUT2D eigenvalue weighted by Crippen LogP contribution is 2.29. The number of hydrogen-bond donors (Lipinski definition) is 2. The number of rotatable bonds is 9. The summed E-state index contributed by atoms with van der Waals surface area (Å²) in [5, 5.41) is 6.42. The van der Waals surface area contributed by atoms with Gasteiger partial charge in [-0.25, -0.2) is 8.42 Å². The van der Waals surface area contributed by atoms with Crippen LogP contribution in [0.5, 0.6) is 0 Å². The summed E-state index contributed by atoms with van der Waals surface area (Å²) in [5.74, 6) is 1.17. The van der Waals surface area contributed by atoms with Crippen LogP contribution in [0.1, 0.15) is 65.5 Å². The highest BCUT2D eigenvalue weighted by atomic mass is 32.2. The van der Waals surface area contributed by atoms with Gasteiger partial charge in [-0.05, 0) is 42.9 Å². The summed E-state index contributed by atoms with van der Waals surface area (Å²) in [6.07, 6.45) is 3.46. The van der Waals surface area contributed by atoms with Gasteiger partial charge in [-0.2, -0.15) is 4.31 Å². The molecule has 0 aromatic heterocycles. The minimum absolute atomic E-state index is 0.0172. The molecule has 1 fully saturated rings. The van der Waals surface area contributed by atoms with Gasteiger partial charge in [0.2, 0.25) is 15.9 Å². The maximum atomic E-state index is 12.6. The first-order chi connectivity index (χ1) is 13.7. The molecule has 1 saturated carbocycles. The van der Waals surface area contributed by atoms with Crippen molar-refractivity contribution in [2.75, 3.05) is 19.6 Å². The van der Waals surface area contributed by atoms with Gasteiger partial charge in [0.15, 0.2) is 0 Å². The van der Waals surface area contributed by atoms with Crippen molar-refractivity contribution < 1.29 is 13.2 Å². The van der Waals surface area contributed by atoms with Crippen molar-refractivity contribution in [3.8, 4) is 0 Å². The third kappa shape index (κ3) is 6.03. The Balaban J connectivity index is 1.91. The van der Waals surface area contributed by atoms with Crippen LogP contribution in [0, 0.1) is 11.8 Å². The van der Waals surface area contributed by atoms with Crippen LogP contribution in [0.15, 0.2) is 29.2 Å². The van der Waals surface area contributed by atoms with Crippen LogP contribution in [0.2, 0.25) is 0 Å². The Morgan fingerprint density at radius 3 is 2.34 bits per heavy atom. The lowest BCUT2D eigenvalue weighted by Crippen LogP contribution is -2.46. The molecule has 1 aromatic carbocycles. The first kappa shape index (κ1) is 23.8. The average molecular weight is 424 g/mol. The molecule has 1 aromatic rings. The SMILES string of the molecule is CCN(CC)S(=O)(=O)c1ccc([C@H](C)NCC(=O)N[C@H]2CCC[C@H](C)[C@@H]2C)cc1. The van der Waals surface area contributed by atoms with E-state index in [0.717, 1.165) is 12.0 Å². The predicted octanol–water partition coefficient (Wildman–Crippen LogP) is 3.31. The Labute approximate surface area is 176 Å². The molecule has 0 unspecified atom stereocenters. The number of amides is 1. The maximum absolute atomic E-state index is 12.6. The van der Waals surface area contributed by atoms with E-state index in [2.05, 4.69) is 24.5 Å². The number of benzene rings is 1. The zero-order chi connectivity index (χ0) is 21.6. The van der Waals surface area contributed by atoms with Crippen molar-refractivity contribution in [1.82, 2.24) is 14.9 Å². The second-order valence-corrected chi connectivity index (χ2v) is 10.1. The summed E-state index contributed by atoms with van der Waals surface area (Å²) in [7, 11) is -3.45. The molecule has 0 radical (unpaired) electrons. The summed E-state index contributed by atoms with van der Waals surface area (Å²) in [6.45, 7) is 11.3. The quantitative estimate of drug-likeness (QED) is 0.639. The minimum atomic E-state index is -3.45. The molecule has 0 bridgehead atoms. The Hall–Kier alpha value is -1.44. The summed E-state index contributed by atoms with van der Waals surface area (Å²) in [6, 6.07) is 7.13. The van der Waals surface area contributed by atoms with Gasteiger partial charge in [-0.3, -0.25) is 4.79 Å². The summed E-state index contributed by atoms with van der Waals surface area (Å²) < 4.78 is 26.6. The largest absolute Gasteiger partial charge is 0.352 e. The van der Waals surface area contributed by atoms with Crippen LogP contribution < -0.4 is 10.6 Å². The second kappa shape index (κ2) is 10.5.